The maximum absolute atomic E-state index is 5.57. The van der Waals surface area contributed by atoms with Crippen molar-refractivity contribution >= 4 is 0 Å². The predicted octanol–water partition coefficient (Wildman–Crippen LogP) is 2.14. The molecule has 74 valence electrons. The summed E-state index contributed by atoms with van der Waals surface area (Å²) in [6.07, 6.45) is 1.59. The lowest BCUT2D eigenvalue weighted by atomic mass is 10.1. The third-order valence-electron chi connectivity index (χ3n) is 2.41. The van der Waals surface area contributed by atoms with Crippen LogP contribution in [0.4, 0.5) is 0 Å². The second-order valence-corrected chi connectivity index (χ2v) is 3.04. The van der Waals surface area contributed by atoms with E-state index in [0.717, 1.165) is 19.6 Å². The van der Waals surface area contributed by atoms with Gasteiger partial charge in [0.1, 0.15) is 0 Å². The van der Waals surface area contributed by atoms with Gasteiger partial charge in [-0.25, -0.2) is 0 Å². The molecular formula is C10H23NO. The zero-order chi connectivity index (χ0) is 9.56. The van der Waals surface area contributed by atoms with E-state index in [0.29, 0.717) is 12.1 Å². The minimum atomic E-state index is 0.457. The van der Waals surface area contributed by atoms with Crippen molar-refractivity contribution in [3.63, 3.8) is 0 Å². The minimum absolute atomic E-state index is 0.457. The highest BCUT2D eigenvalue weighted by Gasteiger charge is 2.23. The molecule has 0 amide bonds. The van der Waals surface area contributed by atoms with Gasteiger partial charge in [0.2, 0.25) is 0 Å². The maximum Gasteiger partial charge on any atom is 0.0725 e. The molecule has 1 saturated heterocycles. The summed E-state index contributed by atoms with van der Waals surface area (Å²) in [4.78, 5) is 2.36. The van der Waals surface area contributed by atoms with E-state index >= 15 is 0 Å². The average Bonchev–Trinajstić information content (AvgIpc) is 2.13. The zero-order valence-corrected chi connectivity index (χ0v) is 9.13. The molecule has 2 unspecified atom stereocenters. The largest absolute Gasteiger partial charge is 0.375 e. The Kier molecular flexibility index (Phi) is 6.39. The monoisotopic (exact) mass is 173 g/mol. The fraction of sp³-hybridized carbons (Fsp3) is 1.00. The van der Waals surface area contributed by atoms with Crippen LogP contribution in [0.5, 0.6) is 0 Å². The molecule has 0 aliphatic carbocycles. The fourth-order valence-electron chi connectivity index (χ4n) is 1.43. The van der Waals surface area contributed by atoms with Crippen molar-refractivity contribution in [1.29, 1.82) is 0 Å². The molecule has 1 rings (SSSR count). The Labute approximate surface area is 76.9 Å². The quantitative estimate of drug-likeness (QED) is 0.602. The molecule has 0 bridgehead atoms. The van der Waals surface area contributed by atoms with Crippen LogP contribution >= 0.6 is 0 Å². The summed E-state index contributed by atoms with van der Waals surface area (Å²) in [6, 6.07) is 0.596. The van der Waals surface area contributed by atoms with Gasteiger partial charge in [-0.1, -0.05) is 20.8 Å². The fourth-order valence-corrected chi connectivity index (χ4v) is 1.43. The van der Waals surface area contributed by atoms with Gasteiger partial charge in [-0.05, 0) is 20.4 Å². The standard InChI is InChI=1S/C8H17NO.C2H6/c1-4-8-7(2)9(3)5-6-10-8;1-2/h7-8H,4-6H2,1-3H3;1-2H3. The Balaban J connectivity index is 0.000000561. The predicted molar refractivity (Wildman–Crippen MR) is 53.5 cm³/mol. The highest BCUT2D eigenvalue weighted by atomic mass is 16.5. The number of morpholine rings is 1. The summed E-state index contributed by atoms with van der Waals surface area (Å²) in [5.41, 5.74) is 0. The average molecular weight is 173 g/mol. The normalized spacial score (nSPS) is 30.8. The van der Waals surface area contributed by atoms with E-state index in [1.54, 1.807) is 0 Å². The molecule has 0 saturated carbocycles. The Bertz CT molecular complexity index is 106. The van der Waals surface area contributed by atoms with Crippen molar-refractivity contribution in [1.82, 2.24) is 4.90 Å². The minimum Gasteiger partial charge on any atom is -0.375 e. The molecule has 2 atom stereocenters. The number of rotatable bonds is 1. The zero-order valence-electron chi connectivity index (χ0n) is 9.13. The van der Waals surface area contributed by atoms with Gasteiger partial charge < -0.3 is 4.74 Å². The Morgan fingerprint density at radius 2 is 2.00 bits per heavy atom. The molecule has 1 heterocycles. The molecule has 0 N–H and O–H groups in total. The van der Waals surface area contributed by atoms with Crippen molar-refractivity contribution in [3.05, 3.63) is 0 Å². The lowest BCUT2D eigenvalue weighted by molar-refractivity contribution is -0.0561. The number of likely N-dealkylation sites (N-methyl/N-ethyl adjacent to an activating group) is 1. The van der Waals surface area contributed by atoms with Gasteiger partial charge in [-0.2, -0.15) is 0 Å². The first-order valence-corrected chi connectivity index (χ1v) is 5.07. The van der Waals surface area contributed by atoms with Crippen LogP contribution in [0.15, 0.2) is 0 Å². The second-order valence-electron chi connectivity index (χ2n) is 3.04. The summed E-state index contributed by atoms with van der Waals surface area (Å²) < 4.78 is 5.57. The Morgan fingerprint density at radius 3 is 2.42 bits per heavy atom. The summed E-state index contributed by atoms with van der Waals surface area (Å²) in [5, 5.41) is 0. The summed E-state index contributed by atoms with van der Waals surface area (Å²) in [5.74, 6) is 0. The van der Waals surface area contributed by atoms with Crippen molar-refractivity contribution < 1.29 is 4.74 Å². The Morgan fingerprint density at radius 1 is 1.42 bits per heavy atom. The van der Waals surface area contributed by atoms with E-state index in [4.69, 9.17) is 4.74 Å². The van der Waals surface area contributed by atoms with E-state index in [1.165, 1.54) is 0 Å². The van der Waals surface area contributed by atoms with E-state index in [1.807, 2.05) is 13.8 Å². The van der Waals surface area contributed by atoms with Gasteiger partial charge in [0.15, 0.2) is 0 Å². The van der Waals surface area contributed by atoms with Crippen LogP contribution in [0.25, 0.3) is 0 Å². The first kappa shape index (κ1) is 11.9. The van der Waals surface area contributed by atoms with E-state index < -0.39 is 0 Å². The van der Waals surface area contributed by atoms with Gasteiger partial charge in [-0.3, -0.25) is 4.90 Å². The van der Waals surface area contributed by atoms with Crippen LogP contribution in [0, 0.1) is 0 Å². The highest BCUT2D eigenvalue weighted by molar-refractivity contribution is 4.76. The molecule has 1 aliphatic heterocycles. The van der Waals surface area contributed by atoms with Crippen LogP contribution in [0.1, 0.15) is 34.1 Å². The smallest absolute Gasteiger partial charge is 0.0725 e. The van der Waals surface area contributed by atoms with Crippen LogP contribution in [-0.4, -0.2) is 37.2 Å². The Hall–Kier alpha value is -0.0800. The topological polar surface area (TPSA) is 12.5 Å². The summed E-state index contributed by atoms with van der Waals surface area (Å²) >= 11 is 0. The molecule has 2 heteroatoms. The van der Waals surface area contributed by atoms with Crippen LogP contribution in [-0.2, 0) is 4.74 Å². The SMILES string of the molecule is CC.CCC1OCCN(C)C1C. The first-order valence-electron chi connectivity index (χ1n) is 5.07. The number of hydrogen-bond acceptors (Lipinski definition) is 2. The molecule has 0 radical (unpaired) electrons. The lowest BCUT2D eigenvalue weighted by Gasteiger charge is -2.36. The number of nitrogens with zero attached hydrogens (tertiary/aromatic N) is 1. The second kappa shape index (κ2) is 6.44. The van der Waals surface area contributed by atoms with Crippen molar-refractivity contribution in [3.8, 4) is 0 Å². The van der Waals surface area contributed by atoms with Crippen LogP contribution in [0.3, 0.4) is 0 Å². The molecule has 0 spiro atoms. The summed E-state index contributed by atoms with van der Waals surface area (Å²) in [6.45, 7) is 10.4. The first-order chi connectivity index (χ1) is 5.75. The summed E-state index contributed by atoms with van der Waals surface area (Å²) in [7, 11) is 2.16. The van der Waals surface area contributed by atoms with Crippen LogP contribution in [0.2, 0.25) is 0 Å². The van der Waals surface area contributed by atoms with E-state index in [-0.39, 0.29) is 0 Å². The van der Waals surface area contributed by atoms with E-state index in [2.05, 4.69) is 25.8 Å². The lowest BCUT2D eigenvalue weighted by Crippen LogP contribution is -2.47. The number of hydrogen-bond donors (Lipinski definition) is 0. The van der Waals surface area contributed by atoms with Gasteiger partial charge in [0, 0.05) is 12.6 Å². The molecule has 1 aliphatic rings. The van der Waals surface area contributed by atoms with Gasteiger partial charge in [0.05, 0.1) is 12.7 Å². The highest BCUT2D eigenvalue weighted by Crippen LogP contribution is 2.13. The van der Waals surface area contributed by atoms with Crippen molar-refractivity contribution in [2.45, 2.75) is 46.3 Å². The number of ether oxygens (including phenoxy) is 1. The molecule has 0 aromatic heterocycles. The van der Waals surface area contributed by atoms with Gasteiger partial charge in [0.25, 0.3) is 0 Å². The van der Waals surface area contributed by atoms with Crippen molar-refractivity contribution in [2.24, 2.45) is 0 Å². The maximum atomic E-state index is 5.57. The molecule has 12 heavy (non-hydrogen) atoms. The van der Waals surface area contributed by atoms with Gasteiger partial charge >= 0.3 is 0 Å². The molecular weight excluding hydrogens is 150 g/mol. The van der Waals surface area contributed by atoms with Crippen molar-refractivity contribution in [2.75, 3.05) is 20.2 Å². The molecule has 0 aromatic carbocycles. The third-order valence-corrected chi connectivity index (χ3v) is 2.41. The molecule has 0 aromatic rings. The molecule has 2 nitrogen and oxygen atoms in total. The van der Waals surface area contributed by atoms with E-state index in [9.17, 15) is 0 Å². The third kappa shape index (κ3) is 3.11. The molecule has 1 fully saturated rings. The van der Waals surface area contributed by atoms with Crippen LogP contribution < -0.4 is 0 Å². The van der Waals surface area contributed by atoms with Gasteiger partial charge in [-0.15, -0.1) is 0 Å².